The summed E-state index contributed by atoms with van der Waals surface area (Å²) in [5.74, 6) is 0.193. The molecule has 0 unspecified atom stereocenters. The van der Waals surface area contributed by atoms with Crippen molar-refractivity contribution < 1.29 is 23.0 Å². The Kier molecular flexibility index (Phi) is 5.97. The Labute approximate surface area is 152 Å². The highest BCUT2D eigenvalue weighted by molar-refractivity contribution is 7.90. The van der Waals surface area contributed by atoms with Gasteiger partial charge in [-0.15, -0.1) is 0 Å². The van der Waals surface area contributed by atoms with Gasteiger partial charge in [-0.25, -0.2) is 8.42 Å². The van der Waals surface area contributed by atoms with Gasteiger partial charge in [-0.3, -0.25) is 4.79 Å². The minimum Gasteiger partial charge on any atom is -0.506 e. The molecule has 1 aromatic heterocycles. The maximum atomic E-state index is 12.3. The lowest BCUT2D eigenvalue weighted by Gasteiger charge is -2.18. The fourth-order valence-electron chi connectivity index (χ4n) is 2.87. The molecule has 0 aliphatic rings. The van der Waals surface area contributed by atoms with Crippen LogP contribution in [0.1, 0.15) is 25.5 Å². The molecule has 0 radical (unpaired) electrons. The Morgan fingerprint density at radius 1 is 1.12 bits per heavy atom. The quantitative estimate of drug-likeness (QED) is 0.763. The van der Waals surface area contributed by atoms with Crippen molar-refractivity contribution in [3.63, 3.8) is 0 Å². The van der Waals surface area contributed by atoms with Crippen molar-refractivity contribution in [3.05, 3.63) is 34.2 Å². The molecule has 0 bridgehead atoms. The first-order valence-corrected chi connectivity index (χ1v) is 10.0. The van der Waals surface area contributed by atoms with Gasteiger partial charge in [0.15, 0.2) is 14.7 Å². The van der Waals surface area contributed by atoms with E-state index < -0.39 is 26.0 Å². The van der Waals surface area contributed by atoms with E-state index in [0.29, 0.717) is 29.2 Å². The Morgan fingerprint density at radius 2 is 1.69 bits per heavy atom. The summed E-state index contributed by atoms with van der Waals surface area (Å²) in [7, 11) is -1.02. The van der Waals surface area contributed by atoms with Crippen molar-refractivity contribution in [3.8, 4) is 28.4 Å². The van der Waals surface area contributed by atoms with Crippen molar-refractivity contribution in [1.29, 1.82) is 0 Å². The van der Waals surface area contributed by atoms with Gasteiger partial charge in [0.05, 0.1) is 25.3 Å². The van der Waals surface area contributed by atoms with Gasteiger partial charge in [0.25, 0.3) is 5.56 Å². The van der Waals surface area contributed by atoms with Crippen LogP contribution in [-0.2, 0) is 16.3 Å². The number of hydrogen-bond acceptors (Lipinski definition) is 6. The number of rotatable bonds is 7. The number of nitrogens with one attached hydrogen (secondary N) is 1. The highest BCUT2D eigenvalue weighted by Gasteiger charge is 2.28. The van der Waals surface area contributed by atoms with Crippen LogP contribution in [0.25, 0.3) is 11.1 Å². The minimum absolute atomic E-state index is 0.202. The van der Waals surface area contributed by atoms with E-state index in [9.17, 15) is 18.3 Å². The maximum Gasteiger partial charge on any atom is 0.270 e. The molecular weight excluding hydrogens is 358 g/mol. The van der Waals surface area contributed by atoms with Crippen molar-refractivity contribution in [2.45, 2.75) is 31.1 Å². The first-order chi connectivity index (χ1) is 12.3. The summed E-state index contributed by atoms with van der Waals surface area (Å²) in [5, 5.41) is 10.8. The first kappa shape index (κ1) is 19.8. The summed E-state index contributed by atoms with van der Waals surface area (Å²) in [6, 6.07) is 5.06. The van der Waals surface area contributed by atoms with Gasteiger partial charge in [-0.1, -0.05) is 19.4 Å². The predicted octanol–water partition coefficient (Wildman–Crippen LogP) is 2.51. The molecule has 0 saturated heterocycles. The normalized spacial score (nSPS) is 11.4. The molecule has 26 heavy (non-hydrogen) atoms. The summed E-state index contributed by atoms with van der Waals surface area (Å²) < 4.78 is 34.9. The van der Waals surface area contributed by atoms with Gasteiger partial charge in [0, 0.05) is 11.9 Å². The van der Waals surface area contributed by atoms with E-state index in [1.54, 1.807) is 18.2 Å². The summed E-state index contributed by atoms with van der Waals surface area (Å²) in [6.07, 6.45) is 2.95. The molecule has 142 valence electrons. The second kappa shape index (κ2) is 7.82. The zero-order valence-corrected chi connectivity index (χ0v) is 16.1. The molecule has 2 rings (SSSR count). The smallest absolute Gasteiger partial charge is 0.270 e. The third-order valence-electron chi connectivity index (χ3n) is 4.05. The molecule has 2 N–H and O–H groups in total. The Hall–Kier alpha value is -2.48. The number of hydrogen-bond donors (Lipinski definition) is 2. The zero-order valence-electron chi connectivity index (χ0n) is 15.3. The predicted molar refractivity (Wildman–Crippen MR) is 99.0 cm³/mol. The number of sulfone groups is 1. The standard InChI is InChI=1S/C18H23NO6S/c1-5-6-8-11-14(15-12(24-2)9-7-10-13(15)25-3)16(20)17(18(21)19-11)26(4,22)23/h7,9-10H,5-6,8H2,1-4H3,(H2,19,20,21). The van der Waals surface area contributed by atoms with E-state index >= 15 is 0 Å². The number of aromatic nitrogens is 1. The van der Waals surface area contributed by atoms with Crippen LogP contribution in [-0.4, -0.2) is 39.0 Å². The van der Waals surface area contributed by atoms with Crippen LogP contribution in [0, 0.1) is 0 Å². The second-order valence-electron chi connectivity index (χ2n) is 5.90. The molecule has 8 heteroatoms. The molecule has 0 saturated carbocycles. The lowest BCUT2D eigenvalue weighted by molar-refractivity contribution is 0.395. The monoisotopic (exact) mass is 381 g/mol. The van der Waals surface area contributed by atoms with Crippen LogP contribution in [0.2, 0.25) is 0 Å². The molecule has 1 heterocycles. The number of benzene rings is 1. The minimum atomic E-state index is -3.95. The lowest BCUT2D eigenvalue weighted by atomic mass is 9.98. The van der Waals surface area contributed by atoms with Crippen molar-refractivity contribution in [1.82, 2.24) is 4.98 Å². The number of aromatic amines is 1. The zero-order chi connectivity index (χ0) is 19.5. The highest BCUT2D eigenvalue weighted by atomic mass is 32.2. The summed E-state index contributed by atoms with van der Waals surface area (Å²) >= 11 is 0. The maximum absolute atomic E-state index is 12.3. The number of aromatic hydroxyl groups is 1. The van der Waals surface area contributed by atoms with Gasteiger partial charge in [-0.05, 0) is 25.0 Å². The van der Waals surface area contributed by atoms with Crippen LogP contribution < -0.4 is 15.0 Å². The molecule has 0 spiro atoms. The Balaban J connectivity index is 2.97. The Bertz CT molecular complexity index is 940. The van der Waals surface area contributed by atoms with E-state index in [0.717, 1.165) is 19.1 Å². The summed E-state index contributed by atoms with van der Waals surface area (Å²) in [4.78, 5) is 14.3. The number of aryl methyl sites for hydroxylation is 1. The molecule has 0 atom stereocenters. The number of pyridine rings is 1. The van der Waals surface area contributed by atoms with Gasteiger partial charge >= 0.3 is 0 Å². The molecule has 0 aliphatic heterocycles. The molecule has 0 aliphatic carbocycles. The second-order valence-corrected chi connectivity index (χ2v) is 7.85. The van der Waals surface area contributed by atoms with E-state index in [1.165, 1.54) is 14.2 Å². The highest BCUT2D eigenvalue weighted by Crippen LogP contribution is 2.45. The SMILES string of the molecule is CCCCc1[nH]c(=O)c(S(C)(=O)=O)c(O)c1-c1c(OC)cccc1OC. The number of methoxy groups -OCH3 is 2. The van der Waals surface area contributed by atoms with Crippen LogP contribution in [0.4, 0.5) is 0 Å². The average molecular weight is 381 g/mol. The van der Waals surface area contributed by atoms with E-state index in [4.69, 9.17) is 9.47 Å². The van der Waals surface area contributed by atoms with Crippen molar-refractivity contribution in [2.24, 2.45) is 0 Å². The largest absolute Gasteiger partial charge is 0.506 e. The van der Waals surface area contributed by atoms with Crippen molar-refractivity contribution >= 4 is 9.84 Å². The van der Waals surface area contributed by atoms with Gasteiger partial charge in [0.1, 0.15) is 17.2 Å². The number of H-pyrrole nitrogens is 1. The topological polar surface area (TPSA) is 106 Å². The first-order valence-electron chi connectivity index (χ1n) is 8.15. The van der Waals surface area contributed by atoms with E-state index in [-0.39, 0.29) is 5.56 Å². The number of ether oxygens (including phenoxy) is 2. The van der Waals surface area contributed by atoms with Gasteiger partial charge in [-0.2, -0.15) is 0 Å². The fraction of sp³-hybridized carbons (Fsp3) is 0.389. The van der Waals surface area contributed by atoms with Gasteiger partial charge in [0.2, 0.25) is 0 Å². The van der Waals surface area contributed by atoms with Gasteiger partial charge < -0.3 is 19.6 Å². The lowest BCUT2D eigenvalue weighted by Crippen LogP contribution is -2.20. The third kappa shape index (κ3) is 3.70. The molecule has 0 fully saturated rings. The fourth-order valence-corrected chi connectivity index (χ4v) is 3.71. The molecule has 2 aromatic rings. The molecular formula is C18H23NO6S. The third-order valence-corrected chi connectivity index (χ3v) is 5.17. The van der Waals surface area contributed by atoms with E-state index in [1.807, 2.05) is 6.92 Å². The Morgan fingerprint density at radius 3 is 2.15 bits per heavy atom. The van der Waals surface area contributed by atoms with Crippen molar-refractivity contribution in [2.75, 3.05) is 20.5 Å². The van der Waals surface area contributed by atoms with Crippen LogP contribution in [0.5, 0.6) is 17.2 Å². The van der Waals surface area contributed by atoms with Crippen LogP contribution >= 0.6 is 0 Å². The van der Waals surface area contributed by atoms with Crippen LogP contribution in [0.3, 0.4) is 0 Å². The molecule has 0 amide bonds. The summed E-state index contributed by atoms with van der Waals surface area (Å²) in [5.41, 5.74) is 0.188. The molecule has 1 aromatic carbocycles. The summed E-state index contributed by atoms with van der Waals surface area (Å²) in [6.45, 7) is 1.99. The molecule has 7 nitrogen and oxygen atoms in total. The number of unbranched alkanes of at least 4 members (excludes halogenated alkanes) is 1. The van der Waals surface area contributed by atoms with Crippen LogP contribution in [0.15, 0.2) is 27.9 Å². The average Bonchev–Trinajstić information content (AvgIpc) is 2.58. The van der Waals surface area contributed by atoms with E-state index in [2.05, 4.69) is 4.98 Å².